The van der Waals surface area contributed by atoms with Crippen molar-refractivity contribution in [2.45, 2.75) is 13.3 Å². The number of ether oxygens (including phenoxy) is 1. The van der Waals surface area contributed by atoms with Crippen molar-refractivity contribution in [1.29, 1.82) is 0 Å². The molecule has 0 bridgehead atoms. The van der Waals surface area contributed by atoms with Gasteiger partial charge in [0.1, 0.15) is 11.4 Å². The number of aryl methyl sites for hydroxylation is 1. The topological polar surface area (TPSA) is 100 Å². The smallest absolute Gasteiger partial charge is 0.227 e. The lowest BCUT2D eigenvalue weighted by Crippen LogP contribution is -2.29. The van der Waals surface area contributed by atoms with Crippen LogP contribution in [0.3, 0.4) is 0 Å². The molecule has 0 aliphatic rings. The van der Waals surface area contributed by atoms with E-state index < -0.39 is 0 Å². The summed E-state index contributed by atoms with van der Waals surface area (Å²) in [6.45, 7) is 3.44. The summed E-state index contributed by atoms with van der Waals surface area (Å²) >= 11 is 6.49. The van der Waals surface area contributed by atoms with Crippen LogP contribution in [0.1, 0.15) is 13.3 Å². The van der Waals surface area contributed by atoms with E-state index in [2.05, 4.69) is 35.4 Å². The van der Waals surface area contributed by atoms with Gasteiger partial charge in [0, 0.05) is 63.0 Å². The lowest BCUT2D eigenvalue weighted by Gasteiger charge is -2.26. The Balaban J connectivity index is 1.70. The first-order valence-electron chi connectivity index (χ1n) is 12.3. The summed E-state index contributed by atoms with van der Waals surface area (Å²) in [5.74, 6) is 0.827. The van der Waals surface area contributed by atoms with Crippen molar-refractivity contribution >= 4 is 51.6 Å². The monoisotopic (exact) mass is 536 g/mol. The van der Waals surface area contributed by atoms with Gasteiger partial charge < -0.3 is 29.7 Å². The second kappa shape index (κ2) is 11.7. The fourth-order valence-electron chi connectivity index (χ4n) is 4.00. The lowest BCUT2D eigenvalue weighted by atomic mass is 10.1. The minimum atomic E-state index is -0.0859. The van der Waals surface area contributed by atoms with Crippen LogP contribution in [0.5, 0.6) is 5.75 Å². The number of amides is 1. The number of hydrogen-bond acceptors (Lipinski definition) is 8. The van der Waals surface area contributed by atoms with E-state index in [9.17, 15) is 4.79 Å². The largest absolute Gasteiger partial charge is 0.494 e. The molecule has 3 aromatic heterocycles. The number of pyridine rings is 1. The van der Waals surface area contributed by atoms with Crippen LogP contribution < -0.4 is 20.3 Å². The molecule has 0 atom stereocenters. The fraction of sp³-hybridized carbons (Fsp3) is 0.333. The Labute approximate surface area is 227 Å². The van der Waals surface area contributed by atoms with E-state index in [-0.39, 0.29) is 5.91 Å². The van der Waals surface area contributed by atoms with Crippen LogP contribution in [0.4, 0.5) is 23.0 Å². The molecular formula is C27H33ClN8O2. The average Bonchev–Trinajstić information content (AvgIpc) is 3.28. The molecule has 4 aromatic rings. The second-order valence-electron chi connectivity index (χ2n) is 9.27. The van der Waals surface area contributed by atoms with Crippen LogP contribution in [0.2, 0.25) is 5.02 Å². The van der Waals surface area contributed by atoms with Gasteiger partial charge in [-0.15, -0.1) is 0 Å². The first kappa shape index (κ1) is 27.2. The van der Waals surface area contributed by atoms with Crippen molar-refractivity contribution in [3.63, 3.8) is 0 Å². The van der Waals surface area contributed by atoms with E-state index in [0.717, 1.165) is 35.4 Å². The molecule has 0 fully saturated rings. The maximum atomic E-state index is 12.3. The SMILES string of the molecule is CCC(=O)Nc1cc(Nc2ncc(Cl)c(-c3cnc4c(ccn4C)c3)n2)c(OC)cc1N(C)CCN(C)C. The summed E-state index contributed by atoms with van der Waals surface area (Å²) in [4.78, 5) is 30.1. The Morgan fingerprint density at radius 1 is 1.11 bits per heavy atom. The van der Waals surface area contributed by atoms with E-state index in [4.69, 9.17) is 16.3 Å². The van der Waals surface area contributed by atoms with Crippen LogP contribution >= 0.6 is 11.6 Å². The van der Waals surface area contributed by atoms with Gasteiger partial charge in [0.15, 0.2) is 0 Å². The van der Waals surface area contributed by atoms with E-state index >= 15 is 0 Å². The molecule has 1 aromatic carbocycles. The van der Waals surface area contributed by atoms with Gasteiger partial charge in [-0.05, 0) is 32.3 Å². The fourth-order valence-corrected chi connectivity index (χ4v) is 4.20. The highest BCUT2D eigenvalue weighted by Gasteiger charge is 2.18. The molecule has 3 heterocycles. The van der Waals surface area contributed by atoms with E-state index in [0.29, 0.717) is 40.2 Å². The normalized spacial score (nSPS) is 11.2. The zero-order valence-electron chi connectivity index (χ0n) is 22.5. The van der Waals surface area contributed by atoms with Gasteiger partial charge in [-0.3, -0.25) is 4.79 Å². The summed E-state index contributed by atoms with van der Waals surface area (Å²) in [7, 11) is 9.58. The highest BCUT2D eigenvalue weighted by atomic mass is 35.5. The Bertz CT molecular complexity index is 1450. The third-order valence-electron chi connectivity index (χ3n) is 6.18. The van der Waals surface area contributed by atoms with E-state index in [1.807, 2.05) is 70.1 Å². The molecule has 0 aliphatic carbocycles. The highest BCUT2D eigenvalue weighted by molar-refractivity contribution is 6.33. The number of rotatable bonds is 10. The Morgan fingerprint density at radius 3 is 2.61 bits per heavy atom. The predicted molar refractivity (Wildman–Crippen MR) is 154 cm³/mol. The number of anilines is 4. The van der Waals surface area contributed by atoms with Crippen molar-refractivity contribution in [3.05, 3.63) is 47.9 Å². The third-order valence-corrected chi connectivity index (χ3v) is 6.45. The molecule has 200 valence electrons. The maximum absolute atomic E-state index is 12.3. The zero-order valence-corrected chi connectivity index (χ0v) is 23.3. The van der Waals surface area contributed by atoms with Gasteiger partial charge in [-0.2, -0.15) is 0 Å². The Hall–Kier alpha value is -3.89. The number of likely N-dealkylation sites (N-methyl/N-ethyl adjacent to an activating group) is 2. The molecule has 1 amide bonds. The van der Waals surface area contributed by atoms with Crippen LogP contribution in [-0.2, 0) is 11.8 Å². The van der Waals surface area contributed by atoms with Crippen LogP contribution in [0.25, 0.3) is 22.3 Å². The number of benzene rings is 1. The van der Waals surface area contributed by atoms with Crippen LogP contribution in [0, 0.1) is 0 Å². The Morgan fingerprint density at radius 2 is 1.89 bits per heavy atom. The molecule has 0 saturated carbocycles. The molecule has 11 heteroatoms. The van der Waals surface area contributed by atoms with Crippen molar-refractivity contribution in [2.75, 3.05) is 56.9 Å². The van der Waals surface area contributed by atoms with Gasteiger partial charge >= 0.3 is 0 Å². The summed E-state index contributed by atoms with van der Waals surface area (Å²) in [6.07, 6.45) is 5.62. The number of fused-ring (bicyclic) bond motifs is 1. The number of methoxy groups -OCH3 is 1. The summed E-state index contributed by atoms with van der Waals surface area (Å²) in [6, 6.07) is 7.72. The summed E-state index contributed by atoms with van der Waals surface area (Å²) < 4.78 is 7.66. The molecule has 10 nitrogen and oxygen atoms in total. The number of aromatic nitrogens is 4. The van der Waals surface area contributed by atoms with Gasteiger partial charge in [0.25, 0.3) is 0 Å². The van der Waals surface area contributed by atoms with Gasteiger partial charge in [0.05, 0.1) is 41.1 Å². The highest BCUT2D eigenvalue weighted by Crippen LogP contribution is 2.38. The molecule has 38 heavy (non-hydrogen) atoms. The maximum Gasteiger partial charge on any atom is 0.227 e. The third kappa shape index (κ3) is 5.98. The average molecular weight is 537 g/mol. The number of carbonyl (C=O) groups is 1. The van der Waals surface area contributed by atoms with Gasteiger partial charge in [-0.25, -0.2) is 15.0 Å². The van der Waals surface area contributed by atoms with E-state index in [1.165, 1.54) is 0 Å². The van der Waals surface area contributed by atoms with Crippen molar-refractivity contribution < 1.29 is 9.53 Å². The quantitative estimate of drug-likeness (QED) is 0.298. The number of carbonyl (C=O) groups excluding carboxylic acids is 1. The lowest BCUT2D eigenvalue weighted by molar-refractivity contribution is -0.115. The minimum Gasteiger partial charge on any atom is -0.494 e. The molecule has 0 aliphatic heterocycles. The first-order valence-corrected chi connectivity index (χ1v) is 12.7. The van der Waals surface area contributed by atoms with Gasteiger partial charge in [0.2, 0.25) is 11.9 Å². The summed E-state index contributed by atoms with van der Waals surface area (Å²) in [5, 5.41) is 7.65. The minimum absolute atomic E-state index is 0.0859. The molecule has 0 radical (unpaired) electrons. The molecule has 0 saturated heterocycles. The van der Waals surface area contributed by atoms with Gasteiger partial charge in [-0.1, -0.05) is 18.5 Å². The number of halogens is 1. The molecular weight excluding hydrogens is 504 g/mol. The number of nitrogens with one attached hydrogen (secondary N) is 2. The molecule has 4 rings (SSSR count). The zero-order chi connectivity index (χ0) is 27.4. The standard InChI is InChI=1S/C27H33ClN8O2/c1-7-24(37)31-20-13-21(23(38-6)14-22(20)35(4)11-10-34(2)3)32-27-30-16-19(28)25(33-27)18-12-17-8-9-36(5)26(17)29-15-18/h8-9,12-16H,7,10-11H2,1-6H3,(H,31,37)(H,30,32,33). The molecule has 0 unspecified atom stereocenters. The molecule has 2 N–H and O–H groups in total. The summed E-state index contributed by atoms with van der Waals surface area (Å²) in [5.41, 5.74) is 4.32. The van der Waals surface area contributed by atoms with Crippen LogP contribution in [-0.4, -0.2) is 71.7 Å². The Kier molecular flexibility index (Phi) is 8.33. The van der Waals surface area contributed by atoms with E-state index in [1.54, 1.807) is 19.5 Å². The second-order valence-corrected chi connectivity index (χ2v) is 9.68. The number of nitrogens with zero attached hydrogens (tertiary/aromatic N) is 6. The van der Waals surface area contributed by atoms with Crippen LogP contribution in [0.15, 0.2) is 42.9 Å². The predicted octanol–water partition coefficient (Wildman–Crippen LogP) is 4.78. The van der Waals surface area contributed by atoms with Crippen molar-refractivity contribution in [3.8, 4) is 17.0 Å². The number of hydrogen-bond donors (Lipinski definition) is 2. The first-order chi connectivity index (χ1) is 18.2. The molecule has 0 spiro atoms. The van der Waals surface area contributed by atoms with Crippen molar-refractivity contribution in [1.82, 2.24) is 24.4 Å². The van der Waals surface area contributed by atoms with Crippen molar-refractivity contribution in [2.24, 2.45) is 7.05 Å².